The van der Waals surface area contributed by atoms with E-state index < -0.39 is 0 Å². The SMILES string of the molecule is CCNc1cc(N2CC(C(N)=O)CCC2C)nc(CC)n1. The topological polar surface area (TPSA) is 84.1 Å². The van der Waals surface area contributed by atoms with Crippen molar-refractivity contribution in [1.82, 2.24) is 9.97 Å². The lowest BCUT2D eigenvalue weighted by molar-refractivity contribution is -0.122. The number of nitrogens with two attached hydrogens (primary N) is 1. The van der Waals surface area contributed by atoms with E-state index in [0.717, 1.165) is 43.3 Å². The quantitative estimate of drug-likeness (QED) is 0.860. The summed E-state index contributed by atoms with van der Waals surface area (Å²) in [4.78, 5) is 22.8. The van der Waals surface area contributed by atoms with Crippen molar-refractivity contribution >= 4 is 17.5 Å². The maximum absolute atomic E-state index is 11.5. The minimum Gasteiger partial charge on any atom is -0.370 e. The summed E-state index contributed by atoms with van der Waals surface area (Å²) in [6.07, 6.45) is 2.60. The van der Waals surface area contributed by atoms with E-state index in [4.69, 9.17) is 5.73 Å². The molecule has 6 heteroatoms. The van der Waals surface area contributed by atoms with Crippen LogP contribution in [0.15, 0.2) is 6.07 Å². The lowest BCUT2D eigenvalue weighted by Gasteiger charge is -2.38. The molecule has 116 valence electrons. The number of nitrogens with zero attached hydrogens (tertiary/aromatic N) is 3. The molecule has 1 fully saturated rings. The van der Waals surface area contributed by atoms with Crippen LogP contribution in [-0.2, 0) is 11.2 Å². The highest BCUT2D eigenvalue weighted by atomic mass is 16.1. The van der Waals surface area contributed by atoms with Crippen LogP contribution in [0.1, 0.15) is 39.4 Å². The molecule has 21 heavy (non-hydrogen) atoms. The third-order valence-corrected chi connectivity index (χ3v) is 4.01. The van der Waals surface area contributed by atoms with E-state index in [-0.39, 0.29) is 11.8 Å². The van der Waals surface area contributed by atoms with Gasteiger partial charge in [0.05, 0.1) is 5.92 Å². The number of carbonyl (C=O) groups is 1. The number of carbonyl (C=O) groups excluding carboxylic acids is 1. The first-order chi connectivity index (χ1) is 10.0. The van der Waals surface area contributed by atoms with Crippen LogP contribution in [0, 0.1) is 5.92 Å². The summed E-state index contributed by atoms with van der Waals surface area (Å²) in [5.74, 6) is 2.23. The van der Waals surface area contributed by atoms with E-state index in [2.05, 4.69) is 27.1 Å². The molecule has 2 atom stereocenters. The molecule has 0 bridgehead atoms. The number of hydrogen-bond donors (Lipinski definition) is 2. The molecule has 2 rings (SSSR count). The van der Waals surface area contributed by atoms with Crippen LogP contribution in [0.3, 0.4) is 0 Å². The normalized spacial score (nSPS) is 22.1. The second-order valence-electron chi connectivity index (χ2n) is 5.59. The maximum Gasteiger partial charge on any atom is 0.222 e. The van der Waals surface area contributed by atoms with E-state index in [1.807, 2.05) is 19.9 Å². The van der Waals surface area contributed by atoms with Crippen LogP contribution in [0.2, 0.25) is 0 Å². The summed E-state index contributed by atoms with van der Waals surface area (Å²) < 4.78 is 0. The molecule has 2 heterocycles. The molecule has 0 aromatic carbocycles. The monoisotopic (exact) mass is 291 g/mol. The van der Waals surface area contributed by atoms with Crippen molar-refractivity contribution in [3.63, 3.8) is 0 Å². The maximum atomic E-state index is 11.5. The second-order valence-corrected chi connectivity index (χ2v) is 5.59. The first-order valence-corrected chi connectivity index (χ1v) is 7.72. The van der Waals surface area contributed by atoms with Crippen molar-refractivity contribution in [2.24, 2.45) is 11.7 Å². The minimum absolute atomic E-state index is 0.0937. The zero-order valence-electron chi connectivity index (χ0n) is 13.1. The van der Waals surface area contributed by atoms with E-state index in [9.17, 15) is 4.79 Å². The number of aryl methyl sites for hydroxylation is 1. The molecule has 0 radical (unpaired) electrons. The molecule has 1 amide bonds. The van der Waals surface area contributed by atoms with Crippen LogP contribution < -0.4 is 16.0 Å². The van der Waals surface area contributed by atoms with E-state index >= 15 is 0 Å². The highest BCUT2D eigenvalue weighted by Crippen LogP contribution is 2.27. The molecule has 1 aromatic rings. The van der Waals surface area contributed by atoms with Crippen LogP contribution in [0.25, 0.3) is 0 Å². The Morgan fingerprint density at radius 3 is 2.81 bits per heavy atom. The molecule has 3 N–H and O–H groups in total. The van der Waals surface area contributed by atoms with Crippen molar-refractivity contribution in [2.75, 3.05) is 23.3 Å². The Hall–Kier alpha value is -1.85. The summed E-state index contributed by atoms with van der Waals surface area (Å²) in [6, 6.07) is 2.32. The van der Waals surface area contributed by atoms with Crippen molar-refractivity contribution < 1.29 is 4.79 Å². The molecule has 6 nitrogen and oxygen atoms in total. The fourth-order valence-corrected chi connectivity index (χ4v) is 2.72. The smallest absolute Gasteiger partial charge is 0.222 e. The Kier molecular flexibility index (Phi) is 4.98. The molecule has 1 aliphatic rings. The van der Waals surface area contributed by atoms with Gasteiger partial charge in [-0.1, -0.05) is 6.92 Å². The van der Waals surface area contributed by atoms with Gasteiger partial charge in [0.25, 0.3) is 0 Å². The van der Waals surface area contributed by atoms with Crippen molar-refractivity contribution in [1.29, 1.82) is 0 Å². The van der Waals surface area contributed by atoms with E-state index in [1.54, 1.807) is 0 Å². The first kappa shape index (κ1) is 15.5. The molecule has 1 aliphatic heterocycles. The van der Waals surface area contributed by atoms with Gasteiger partial charge in [-0.15, -0.1) is 0 Å². The fourth-order valence-electron chi connectivity index (χ4n) is 2.72. The Bertz CT molecular complexity index is 505. The Morgan fingerprint density at radius 1 is 1.43 bits per heavy atom. The van der Waals surface area contributed by atoms with Crippen molar-refractivity contribution in [2.45, 2.75) is 46.1 Å². The average molecular weight is 291 g/mol. The summed E-state index contributed by atoms with van der Waals surface area (Å²) in [5.41, 5.74) is 5.48. The number of amides is 1. The zero-order valence-corrected chi connectivity index (χ0v) is 13.1. The highest BCUT2D eigenvalue weighted by Gasteiger charge is 2.29. The Labute approximate surface area is 126 Å². The number of piperidine rings is 1. The van der Waals surface area contributed by atoms with Gasteiger partial charge in [0.2, 0.25) is 5.91 Å². The van der Waals surface area contributed by atoms with Crippen LogP contribution in [0.5, 0.6) is 0 Å². The molecule has 1 aromatic heterocycles. The highest BCUT2D eigenvalue weighted by molar-refractivity contribution is 5.77. The zero-order chi connectivity index (χ0) is 15.4. The molecule has 0 spiro atoms. The fraction of sp³-hybridized carbons (Fsp3) is 0.667. The number of aromatic nitrogens is 2. The molecule has 2 unspecified atom stereocenters. The minimum atomic E-state index is -0.219. The number of primary amides is 1. The summed E-state index contributed by atoms with van der Waals surface area (Å²) in [7, 11) is 0. The third-order valence-electron chi connectivity index (χ3n) is 4.01. The predicted octanol–water partition coefficient (Wildman–Crippen LogP) is 1.56. The van der Waals surface area contributed by atoms with Gasteiger partial charge in [-0.05, 0) is 26.7 Å². The van der Waals surface area contributed by atoms with Gasteiger partial charge < -0.3 is 16.0 Å². The van der Waals surface area contributed by atoms with Crippen molar-refractivity contribution in [3.05, 3.63) is 11.9 Å². The standard InChI is InChI=1S/C15H25N5O/c1-4-12-18-13(17-5-2)8-14(19-12)20-9-11(15(16)21)7-6-10(20)3/h8,10-11H,4-7,9H2,1-3H3,(H2,16,21)(H,17,18,19). The molecular formula is C15H25N5O. The summed E-state index contributed by atoms with van der Waals surface area (Å²) >= 11 is 0. The van der Waals surface area contributed by atoms with Gasteiger partial charge in [-0.2, -0.15) is 0 Å². The van der Waals surface area contributed by atoms with Gasteiger partial charge in [-0.3, -0.25) is 4.79 Å². The number of anilines is 2. The number of rotatable bonds is 5. The van der Waals surface area contributed by atoms with Gasteiger partial charge in [0, 0.05) is 31.6 Å². The largest absolute Gasteiger partial charge is 0.370 e. The van der Waals surface area contributed by atoms with Gasteiger partial charge in [0.15, 0.2) is 0 Å². The van der Waals surface area contributed by atoms with Gasteiger partial charge in [0.1, 0.15) is 17.5 Å². The second kappa shape index (κ2) is 6.74. The van der Waals surface area contributed by atoms with Crippen LogP contribution >= 0.6 is 0 Å². The molecule has 0 aliphatic carbocycles. The molecule has 1 saturated heterocycles. The Morgan fingerprint density at radius 2 is 2.19 bits per heavy atom. The Balaban J connectivity index is 2.29. The molecule has 0 saturated carbocycles. The van der Waals surface area contributed by atoms with E-state index in [1.165, 1.54) is 0 Å². The number of hydrogen-bond acceptors (Lipinski definition) is 5. The van der Waals surface area contributed by atoms with Gasteiger partial charge in [-0.25, -0.2) is 9.97 Å². The van der Waals surface area contributed by atoms with Gasteiger partial charge >= 0.3 is 0 Å². The number of nitrogens with one attached hydrogen (secondary N) is 1. The average Bonchev–Trinajstić information content (AvgIpc) is 2.47. The lowest BCUT2D eigenvalue weighted by atomic mass is 9.93. The van der Waals surface area contributed by atoms with E-state index in [0.29, 0.717) is 12.6 Å². The van der Waals surface area contributed by atoms with Crippen LogP contribution in [-0.4, -0.2) is 35.0 Å². The first-order valence-electron chi connectivity index (χ1n) is 7.72. The summed E-state index contributed by atoms with van der Waals surface area (Å²) in [6.45, 7) is 7.71. The third kappa shape index (κ3) is 3.62. The predicted molar refractivity (Wildman–Crippen MR) is 84.3 cm³/mol. The van der Waals surface area contributed by atoms with Crippen molar-refractivity contribution in [3.8, 4) is 0 Å². The van der Waals surface area contributed by atoms with Crippen LogP contribution in [0.4, 0.5) is 11.6 Å². The summed E-state index contributed by atoms with van der Waals surface area (Å²) in [5, 5.41) is 3.24. The molecular weight excluding hydrogens is 266 g/mol. The lowest BCUT2D eigenvalue weighted by Crippen LogP contribution is -2.46.